The van der Waals surface area contributed by atoms with Gasteiger partial charge in [0.15, 0.2) is 5.78 Å². The number of hydrogen-bond acceptors (Lipinski definition) is 4. The summed E-state index contributed by atoms with van der Waals surface area (Å²) < 4.78 is 1.77. The molecule has 1 aliphatic carbocycles. The Kier molecular flexibility index (Phi) is 5.30. The maximum atomic E-state index is 12.2. The number of rotatable bonds is 3. The highest BCUT2D eigenvalue weighted by Crippen LogP contribution is 2.30. The molecule has 0 radical (unpaired) electrons. The Labute approximate surface area is 163 Å². The molecule has 0 aliphatic heterocycles. The molecule has 1 heterocycles. The summed E-state index contributed by atoms with van der Waals surface area (Å²) in [7, 11) is 5.21. The standard InChI is InChI=1S/C22H21N3O3/c1-24(2)21(27)17-8-6-16(7-9-17)5-4-11-22(28)12-10-19(26)18(22)15-20-23-13-14-25(20)3/h6-10,12-15,28H,11H2,1-3H3/b18-15-. The van der Waals surface area contributed by atoms with Gasteiger partial charge in [0.1, 0.15) is 11.4 Å². The van der Waals surface area contributed by atoms with Crippen molar-refractivity contribution < 1.29 is 14.7 Å². The SMILES string of the molecule is CN(C)C(=O)c1ccc(C#CCC2(O)C=CC(=O)/C2=C/c2nccn2C)cc1. The third-order valence-electron chi connectivity index (χ3n) is 4.50. The van der Waals surface area contributed by atoms with Crippen molar-refractivity contribution in [3.05, 3.63) is 71.3 Å². The monoisotopic (exact) mass is 375 g/mol. The van der Waals surface area contributed by atoms with Crippen LogP contribution in [0.3, 0.4) is 0 Å². The summed E-state index contributed by atoms with van der Waals surface area (Å²) in [5.74, 6) is 6.16. The van der Waals surface area contributed by atoms with Gasteiger partial charge in [0.05, 0.1) is 0 Å². The fourth-order valence-electron chi connectivity index (χ4n) is 2.84. The van der Waals surface area contributed by atoms with Crippen LogP contribution in [-0.4, -0.2) is 50.9 Å². The number of benzene rings is 1. The van der Waals surface area contributed by atoms with E-state index in [4.69, 9.17) is 0 Å². The van der Waals surface area contributed by atoms with Crippen LogP contribution in [0.25, 0.3) is 6.08 Å². The van der Waals surface area contributed by atoms with E-state index in [1.807, 2.05) is 7.05 Å². The minimum Gasteiger partial charge on any atom is -0.380 e. The molecule has 1 atom stereocenters. The van der Waals surface area contributed by atoms with E-state index in [9.17, 15) is 14.7 Å². The Morgan fingerprint density at radius 1 is 1.32 bits per heavy atom. The predicted octanol–water partition coefficient (Wildman–Crippen LogP) is 1.82. The van der Waals surface area contributed by atoms with Gasteiger partial charge >= 0.3 is 0 Å². The summed E-state index contributed by atoms with van der Waals surface area (Å²) in [4.78, 5) is 29.8. The lowest BCUT2D eigenvalue weighted by molar-refractivity contribution is -0.111. The third kappa shape index (κ3) is 3.95. The fraction of sp³-hybridized carbons (Fsp3) is 0.227. The van der Waals surface area contributed by atoms with Crippen molar-refractivity contribution >= 4 is 17.8 Å². The molecule has 28 heavy (non-hydrogen) atoms. The number of aromatic nitrogens is 2. The molecule has 0 spiro atoms. The molecule has 6 heteroatoms. The predicted molar refractivity (Wildman–Crippen MR) is 106 cm³/mol. The minimum atomic E-state index is -1.45. The van der Waals surface area contributed by atoms with Gasteiger partial charge in [-0.3, -0.25) is 9.59 Å². The number of amides is 1. The number of aryl methyl sites for hydroxylation is 1. The summed E-state index contributed by atoms with van der Waals surface area (Å²) in [6, 6.07) is 6.95. The van der Waals surface area contributed by atoms with Crippen LogP contribution in [0.2, 0.25) is 0 Å². The van der Waals surface area contributed by atoms with E-state index < -0.39 is 5.60 Å². The topological polar surface area (TPSA) is 75.4 Å². The lowest BCUT2D eigenvalue weighted by atomic mass is 9.92. The number of allylic oxidation sites excluding steroid dienone is 1. The molecule has 1 amide bonds. The first-order valence-electron chi connectivity index (χ1n) is 8.76. The first-order valence-corrected chi connectivity index (χ1v) is 8.76. The Bertz CT molecular complexity index is 1030. The van der Waals surface area contributed by atoms with Crippen molar-refractivity contribution in [2.75, 3.05) is 14.1 Å². The molecule has 0 fully saturated rings. The number of hydrogen-bond donors (Lipinski definition) is 1. The summed E-state index contributed by atoms with van der Waals surface area (Å²) in [5.41, 5.74) is 0.111. The molecule has 3 rings (SSSR count). The average molecular weight is 375 g/mol. The first kappa shape index (κ1) is 19.3. The maximum Gasteiger partial charge on any atom is 0.253 e. The van der Waals surface area contributed by atoms with Crippen LogP contribution in [0.1, 0.15) is 28.2 Å². The Morgan fingerprint density at radius 3 is 2.64 bits per heavy atom. The molecular formula is C22H21N3O3. The number of imidazole rings is 1. The van der Waals surface area contributed by atoms with Crippen LogP contribution in [0.5, 0.6) is 0 Å². The molecule has 142 valence electrons. The van der Waals surface area contributed by atoms with E-state index in [1.54, 1.807) is 61.4 Å². The highest BCUT2D eigenvalue weighted by molar-refractivity contribution is 6.11. The second-order valence-electron chi connectivity index (χ2n) is 6.83. The van der Waals surface area contributed by atoms with Crippen LogP contribution >= 0.6 is 0 Å². The van der Waals surface area contributed by atoms with Gasteiger partial charge < -0.3 is 14.6 Å². The van der Waals surface area contributed by atoms with E-state index in [1.165, 1.54) is 17.1 Å². The van der Waals surface area contributed by atoms with Crippen molar-refractivity contribution in [3.8, 4) is 11.8 Å². The lowest BCUT2D eigenvalue weighted by Gasteiger charge is -2.19. The molecule has 2 aromatic rings. The fourth-order valence-corrected chi connectivity index (χ4v) is 2.84. The highest BCUT2D eigenvalue weighted by atomic mass is 16.3. The van der Waals surface area contributed by atoms with Crippen LogP contribution in [-0.2, 0) is 11.8 Å². The second-order valence-corrected chi connectivity index (χ2v) is 6.83. The van der Waals surface area contributed by atoms with Crippen LogP contribution in [0, 0.1) is 11.8 Å². The summed E-state index contributed by atoms with van der Waals surface area (Å²) in [5, 5.41) is 10.9. The van der Waals surface area contributed by atoms with E-state index in [0.29, 0.717) is 11.4 Å². The zero-order valence-electron chi connectivity index (χ0n) is 16.0. The molecule has 1 N–H and O–H groups in total. The highest BCUT2D eigenvalue weighted by Gasteiger charge is 2.36. The second kappa shape index (κ2) is 7.67. The molecule has 1 aromatic carbocycles. The smallest absolute Gasteiger partial charge is 0.253 e. The minimum absolute atomic E-state index is 0.0733. The van der Waals surface area contributed by atoms with Crippen LogP contribution in [0.15, 0.2) is 54.4 Å². The molecule has 1 aliphatic rings. The molecular weight excluding hydrogens is 354 g/mol. The number of carbonyl (C=O) groups excluding carboxylic acids is 2. The zero-order chi connectivity index (χ0) is 20.3. The summed E-state index contributed by atoms with van der Waals surface area (Å²) in [6.07, 6.45) is 7.89. The van der Waals surface area contributed by atoms with Gasteiger partial charge in [0, 0.05) is 56.7 Å². The van der Waals surface area contributed by atoms with E-state index in [-0.39, 0.29) is 23.7 Å². The van der Waals surface area contributed by atoms with Crippen molar-refractivity contribution in [1.29, 1.82) is 0 Å². The van der Waals surface area contributed by atoms with E-state index in [0.717, 1.165) is 5.56 Å². The van der Waals surface area contributed by atoms with Gasteiger partial charge in [-0.1, -0.05) is 11.8 Å². The number of aliphatic hydroxyl groups is 1. The molecule has 0 saturated carbocycles. The Hall–Kier alpha value is -3.43. The number of ketones is 1. The van der Waals surface area contributed by atoms with Gasteiger partial charge in [0.2, 0.25) is 0 Å². The van der Waals surface area contributed by atoms with Gasteiger partial charge in [-0.15, -0.1) is 0 Å². The van der Waals surface area contributed by atoms with Crippen molar-refractivity contribution in [1.82, 2.24) is 14.5 Å². The summed E-state index contributed by atoms with van der Waals surface area (Å²) >= 11 is 0. The van der Waals surface area contributed by atoms with Gasteiger partial charge in [-0.05, 0) is 42.5 Å². The molecule has 1 aromatic heterocycles. The molecule has 0 bridgehead atoms. The summed E-state index contributed by atoms with van der Waals surface area (Å²) in [6.45, 7) is 0. The number of nitrogens with zero attached hydrogens (tertiary/aromatic N) is 3. The first-order chi connectivity index (χ1) is 13.3. The maximum absolute atomic E-state index is 12.2. The molecule has 1 unspecified atom stereocenters. The average Bonchev–Trinajstić information content (AvgIpc) is 3.20. The van der Waals surface area contributed by atoms with Crippen LogP contribution in [0.4, 0.5) is 0 Å². The largest absolute Gasteiger partial charge is 0.380 e. The number of carbonyl (C=O) groups is 2. The Morgan fingerprint density at radius 2 is 2.04 bits per heavy atom. The van der Waals surface area contributed by atoms with Crippen molar-refractivity contribution in [3.63, 3.8) is 0 Å². The van der Waals surface area contributed by atoms with E-state index >= 15 is 0 Å². The van der Waals surface area contributed by atoms with Crippen molar-refractivity contribution in [2.45, 2.75) is 12.0 Å². The lowest BCUT2D eigenvalue weighted by Crippen LogP contribution is -2.27. The molecule has 6 nitrogen and oxygen atoms in total. The van der Waals surface area contributed by atoms with Gasteiger partial charge in [-0.2, -0.15) is 0 Å². The molecule has 0 saturated heterocycles. The third-order valence-corrected chi connectivity index (χ3v) is 4.50. The van der Waals surface area contributed by atoms with E-state index in [2.05, 4.69) is 16.8 Å². The normalized spacial score (nSPS) is 19.6. The van der Waals surface area contributed by atoms with Crippen molar-refractivity contribution in [2.24, 2.45) is 7.05 Å². The van der Waals surface area contributed by atoms with Gasteiger partial charge in [0.25, 0.3) is 5.91 Å². The quantitative estimate of drug-likeness (QED) is 0.656. The van der Waals surface area contributed by atoms with Crippen LogP contribution < -0.4 is 0 Å². The Balaban J connectivity index is 1.77. The zero-order valence-corrected chi connectivity index (χ0v) is 16.0. The van der Waals surface area contributed by atoms with Gasteiger partial charge in [-0.25, -0.2) is 4.98 Å².